The Labute approximate surface area is 99.6 Å². The first-order chi connectivity index (χ1) is 7.67. The maximum Gasteiger partial charge on any atom is 0.0446 e. The Kier molecular flexibility index (Phi) is 6.28. The third-order valence-corrected chi connectivity index (χ3v) is 3.43. The monoisotopic (exact) mass is 229 g/mol. The molecule has 2 unspecified atom stereocenters. The van der Waals surface area contributed by atoms with Gasteiger partial charge in [-0.15, -0.1) is 0 Å². The van der Waals surface area contributed by atoms with Crippen LogP contribution in [0.15, 0.2) is 0 Å². The summed E-state index contributed by atoms with van der Waals surface area (Å²) in [4.78, 5) is 4.82. The molecule has 1 fully saturated rings. The Bertz CT molecular complexity index is 181. The van der Waals surface area contributed by atoms with E-state index in [9.17, 15) is 0 Å². The first kappa shape index (κ1) is 13.9. The molecule has 2 atom stereocenters. The third kappa shape index (κ3) is 4.37. The summed E-state index contributed by atoms with van der Waals surface area (Å²) in [6, 6.07) is 1.15. The Hall–Kier alpha value is -0.160. The van der Waals surface area contributed by atoms with Crippen LogP contribution in [0, 0.1) is 0 Å². The highest BCUT2D eigenvalue weighted by atomic mass is 16.3. The van der Waals surface area contributed by atoms with Crippen molar-refractivity contribution in [2.75, 3.05) is 46.9 Å². The lowest BCUT2D eigenvalue weighted by molar-refractivity contribution is 0.218. The second kappa shape index (κ2) is 7.22. The van der Waals surface area contributed by atoms with Crippen LogP contribution < -0.4 is 5.32 Å². The van der Waals surface area contributed by atoms with Crippen LogP contribution in [-0.2, 0) is 0 Å². The molecular formula is C12H27N3O. The fourth-order valence-electron chi connectivity index (χ4n) is 2.41. The zero-order chi connectivity index (χ0) is 12.0. The molecule has 4 nitrogen and oxygen atoms in total. The van der Waals surface area contributed by atoms with Crippen molar-refractivity contribution in [2.24, 2.45) is 0 Å². The molecule has 0 spiro atoms. The number of likely N-dealkylation sites (N-methyl/N-ethyl adjacent to an activating group) is 2. The van der Waals surface area contributed by atoms with Crippen molar-refractivity contribution in [3.63, 3.8) is 0 Å². The largest absolute Gasteiger partial charge is 0.396 e. The van der Waals surface area contributed by atoms with Gasteiger partial charge < -0.3 is 20.2 Å². The van der Waals surface area contributed by atoms with E-state index in [1.165, 1.54) is 19.5 Å². The molecule has 16 heavy (non-hydrogen) atoms. The molecule has 0 aliphatic carbocycles. The van der Waals surface area contributed by atoms with Gasteiger partial charge in [-0.3, -0.25) is 0 Å². The zero-order valence-corrected chi connectivity index (χ0v) is 10.9. The van der Waals surface area contributed by atoms with E-state index >= 15 is 0 Å². The molecule has 0 amide bonds. The lowest BCUT2D eigenvalue weighted by Crippen LogP contribution is -2.42. The Morgan fingerprint density at radius 1 is 1.50 bits per heavy atom. The fraction of sp³-hybridized carbons (Fsp3) is 1.00. The minimum Gasteiger partial charge on any atom is -0.396 e. The minimum absolute atomic E-state index is 0.280. The van der Waals surface area contributed by atoms with E-state index in [1.54, 1.807) is 0 Å². The fourth-order valence-corrected chi connectivity index (χ4v) is 2.41. The summed E-state index contributed by atoms with van der Waals surface area (Å²) in [5.74, 6) is 0. The number of rotatable bonds is 7. The minimum atomic E-state index is 0.280. The van der Waals surface area contributed by atoms with Gasteiger partial charge in [0.05, 0.1) is 0 Å². The number of hydrogen-bond acceptors (Lipinski definition) is 4. The van der Waals surface area contributed by atoms with E-state index in [0.29, 0.717) is 12.1 Å². The van der Waals surface area contributed by atoms with E-state index in [0.717, 1.165) is 19.5 Å². The highest BCUT2D eigenvalue weighted by molar-refractivity contribution is 4.83. The summed E-state index contributed by atoms with van der Waals surface area (Å²) in [5, 5.41) is 12.4. The summed E-state index contributed by atoms with van der Waals surface area (Å²) in [5.41, 5.74) is 0. The van der Waals surface area contributed by atoms with Gasteiger partial charge in [-0.2, -0.15) is 0 Å². The molecule has 0 radical (unpaired) electrons. The van der Waals surface area contributed by atoms with Crippen LogP contribution >= 0.6 is 0 Å². The molecular weight excluding hydrogens is 202 g/mol. The molecule has 1 heterocycles. The summed E-state index contributed by atoms with van der Waals surface area (Å²) in [6.45, 7) is 6.81. The van der Waals surface area contributed by atoms with Crippen LogP contribution in [0.2, 0.25) is 0 Å². The molecule has 2 N–H and O–H groups in total. The van der Waals surface area contributed by atoms with Crippen molar-refractivity contribution in [2.45, 2.75) is 31.8 Å². The summed E-state index contributed by atoms with van der Waals surface area (Å²) in [7, 11) is 4.31. The van der Waals surface area contributed by atoms with E-state index < -0.39 is 0 Å². The number of nitrogens with zero attached hydrogens (tertiary/aromatic N) is 2. The van der Waals surface area contributed by atoms with Crippen LogP contribution in [0.25, 0.3) is 0 Å². The second-order valence-corrected chi connectivity index (χ2v) is 4.93. The summed E-state index contributed by atoms with van der Waals surface area (Å²) in [6.07, 6.45) is 2.13. The van der Waals surface area contributed by atoms with Gasteiger partial charge in [-0.25, -0.2) is 0 Å². The Morgan fingerprint density at radius 2 is 2.25 bits per heavy atom. The molecule has 0 saturated carbocycles. The Morgan fingerprint density at radius 3 is 2.75 bits per heavy atom. The number of likely N-dealkylation sites (tertiary alicyclic amines) is 1. The van der Waals surface area contributed by atoms with Crippen molar-refractivity contribution in [3.8, 4) is 0 Å². The Balaban J connectivity index is 2.30. The molecule has 1 aliphatic rings. The average molecular weight is 229 g/mol. The second-order valence-electron chi connectivity index (χ2n) is 4.93. The first-order valence-electron chi connectivity index (χ1n) is 6.40. The van der Waals surface area contributed by atoms with Gasteiger partial charge >= 0.3 is 0 Å². The van der Waals surface area contributed by atoms with Gasteiger partial charge in [-0.1, -0.05) is 6.92 Å². The first-order valence-corrected chi connectivity index (χ1v) is 6.40. The molecule has 0 aromatic rings. The molecule has 1 aliphatic heterocycles. The lowest BCUT2D eigenvalue weighted by atomic mass is 10.2. The van der Waals surface area contributed by atoms with Crippen molar-refractivity contribution in [1.29, 1.82) is 0 Å². The van der Waals surface area contributed by atoms with Crippen LogP contribution in [0.5, 0.6) is 0 Å². The van der Waals surface area contributed by atoms with Gasteiger partial charge in [0.2, 0.25) is 0 Å². The number of hydrogen-bond donors (Lipinski definition) is 2. The van der Waals surface area contributed by atoms with Crippen molar-refractivity contribution < 1.29 is 5.11 Å². The third-order valence-electron chi connectivity index (χ3n) is 3.43. The molecule has 0 aromatic heterocycles. The maximum absolute atomic E-state index is 9.01. The smallest absolute Gasteiger partial charge is 0.0446 e. The van der Waals surface area contributed by atoms with E-state index in [1.807, 2.05) is 0 Å². The molecule has 0 bridgehead atoms. The molecule has 1 rings (SSSR count). The van der Waals surface area contributed by atoms with Gasteiger partial charge in [-0.05, 0) is 40.0 Å². The molecule has 0 aromatic carbocycles. The number of aliphatic hydroxyl groups is 1. The van der Waals surface area contributed by atoms with Crippen LogP contribution in [0.3, 0.4) is 0 Å². The van der Waals surface area contributed by atoms with Crippen molar-refractivity contribution in [3.05, 3.63) is 0 Å². The normalized spacial score (nSPS) is 24.2. The highest BCUT2D eigenvalue weighted by Gasteiger charge is 2.25. The van der Waals surface area contributed by atoms with Crippen molar-refractivity contribution >= 4 is 0 Å². The predicted octanol–water partition coefficient (Wildman–Crippen LogP) is -0.0172. The quantitative estimate of drug-likeness (QED) is 0.644. The van der Waals surface area contributed by atoms with Crippen LogP contribution in [-0.4, -0.2) is 73.9 Å². The molecule has 96 valence electrons. The summed E-state index contributed by atoms with van der Waals surface area (Å²) < 4.78 is 0. The topological polar surface area (TPSA) is 38.7 Å². The van der Waals surface area contributed by atoms with Crippen molar-refractivity contribution in [1.82, 2.24) is 15.1 Å². The highest BCUT2D eigenvalue weighted by Crippen LogP contribution is 2.13. The maximum atomic E-state index is 9.01. The number of aliphatic hydroxyl groups excluding tert-OH is 1. The van der Waals surface area contributed by atoms with E-state index in [2.05, 4.69) is 36.1 Å². The van der Waals surface area contributed by atoms with E-state index in [-0.39, 0.29) is 6.61 Å². The van der Waals surface area contributed by atoms with Gasteiger partial charge in [0, 0.05) is 31.8 Å². The van der Waals surface area contributed by atoms with E-state index in [4.69, 9.17) is 5.11 Å². The van der Waals surface area contributed by atoms with Crippen LogP contribution in [0.4, 0.5) is 0 Å². The number of nitrogens with one attached hydrogen (secondary N) is 1. The zero-order valence-electron chi connectivity index (χ0n) is 10.9. The summed E-state index contributed by atoms with van der Waals surface area (Å²) >= 11 is 0. The van der Waals surface area contributed by atoms with Gasteiger partial charge in [0.1, 0.15) is 0 Å². The standard InChI is InChI=1S/C12H27N3O/c1-4-13-11(6-8-16)9-15-7-5-12(10-15)14(2)3/h11-13,16H,4-10H2,1-3H3. The molecule has 1 saturated heterocycles. The van der Waals surface area contributed by atoms with Gasteiger partial charge in [0.25, 0.3) is 0 Å². The lowest BCUT2D eigenvalue weighted by Gasteiger charge is -2.25. The SMILES string of the molecule is CCNC(CCO)CN1CCC(N(C)C)C1. The molecule has 4 heteroatoms. The van der Waals surface area contributed by atoms with Gasteiger partial charge in [0.15, 0.2) is 0 Å². The van der Waals surface area contributed by atoms with Crippen LogP contribution in [0.1, 0.15) is 19.8 Å². The average Bonchev–Trinajstić information content (AvgIpc) is 2.67. The predicted molar refractivity (Wildman–Crippen MR) is 67.7 cm³/mol.